The highest BCUT2D eigenvalue weighted by molar-refractivity contribution is 7.26. The zero-order valence-electron chi connectivity index (χ0n) is 33.1. The summed E-state index contributed by atoms with van der Waals surface area (Å²) in [6.07, 6.45) is 0. The first-order chi connectivity index (χ1) is 30.2. The lowest BCUT2D eigenvalue weighted by Gasteiger charge is -2.27. The van der Waals surface area contributed by atoms with E-state index in [1.807, 2.05) is 11.3 Å². The quantitative estimate of drug-likeness (QED) is 0.160. The number of anilines is 3. The number of thiophene rings is 1. The van der Waals surface area contributed by atoms with Crippen molar-refractivity contribution in [3.63, 3.8) is 0 Å². The summed E-state index contributed by atoms with van der Waals surface area (Å²) < 4.78 is 9.36. The molecule has 0 aliphatic rings. The Hall–Kier alpha value is -7.72. The topological polar surface area (TPSA) is 16.4 Å². The third-order valence-electron chi connectivity index (χ3n) is 12.1. The predicted molar refractivity (Wildman–Crippen MR) is 261 cm³/mol. The number of fused-ring (bicyclic) bond motifs is 8. The van der Waals surface area contributed by atoms with E-state index in [9.17, 15) is 0 Å². The fourth-order valence-corrected chi connectivity index (χ4v) is 10.4. The maximum atomic E-state index is 6.75. The summed E-state index contributed by atoms with van der Waals surface area (Å²) in [6, 6.07) is 81.1. The van der Waals surface area contributed by atoms with Gasteiger partial charge in [0.15, 0.2) is 0 Å². The van der Waals surface area contributed by atoms with Crippen LogP contribution in [0, 0.1) is 0 Å². The molecule has 0 saturated carbocycles. The van der Waals surface area contributed by atoms with Gasteiger partial charge in [0.2, 0.25) is 0 Å². The van der Waals surface area contributed by atoms with E-state index in [0.29, 0.717) is 0 Å². The lowest BCUT2D eigenvalue weighted by atomic mass is 9.91. The Morgan fingerprint density at radius 2 is 1.03 bits per heavy atom. The highest BCUT2D eigenvalue weighted by Gasteiger charge is 2.22. The van der Waals surface area contributed by atoms with E-state index < -0.39 is 0 Å². The molecule has 0 N–H and O–H groups in total. The van der Waals surface area contributed by atoms with Gasteiger partial charge in [0, 0.05) is 42.3 Å². The summed E-state index contributed by atoms with van der Waals surface area (Å²) in [4.78, 5) is 2.40. The highest BCUT2D eigenvalue weighted by atomic mass is 32.1. The Morgan fingerprint density at radius 1 is 0.361 bits per heavy atom. The van der Waals surface area contributed by atoms with Crippen LogP contribution in [0.3, 0.4) is 0 Å². The molecule has 3 heteroatoms. The Morgan fingerprint density at radius 3 is 1.89 bits per heavy atom. The van der Waals surface area contributed by atoms with E-state index in [4.69, 9.17) is 4.42 Å². The van der Waals surface area contributed by atoms with E-state index in [0.717, 1.165) is 55.3 Å². The van der Waals surface area contributed by atoms with Crippen molar-refractivity contribution in [2.75, 3.05) is 4.90 Å². The van der Waals surface area contributed by atoms with Crippen molar-refractivity contribution in [1.29, 1.82) is 0 Å². The molecule has 61 heavy (non-hydrogen) atoms. The van der Waals surface area contributed by atoms with Gasteiger partial charge in [0.05, 0.1) is 11.1 Å². The van der Waals surface area contributed by atoms with Gasteiger partial charge in [0.1, 0.15) is 11.2 Å². The van der Waals surface area contributed by atoms with Crippen molar-refractivity contribution in [3.05, 3.63) is 224 Å². The second kappa shape index (κ2) is 14.5. The van der Waals surface area contributed by atoms with E-state index in [2.05, 4.69) is 229 Å². The van der Waals surface area contributed by atoms with Gasteiger partial charge in [-0.1, -0.05) is 170 Å². The molecule has 0 aliphatic carbocycles. The zero-order valence-corrected chi connectivity index (χ0v) is 33.9. The van der Waals surface area contributed by atoms with Gasteiger partial charge < -0.3 is 9.32 Å². The molecule has 2 nitrogen and oxygen atoms in total. The molecule has 0 aliphatic heterocycles. The Kier molecular flexibility index (Phi) is 8.39. The normalized spacial score (nSPS) is 11.6. The van der Waals surface area contributed by atoms with Crippen molar-refractivity contribution in [1.82, 2.24) is 0 Å². The molecule has 0 spiro atoms. The summed E-state index contributed by atoms with van der Waals surface area (Å²) in [7, 11) is 0. The largest absolute Gasteiger partial charge is 0.455 e. The van der Waals surface area contributed by atoms with Crippen molar-refractivity contribution < 1.29 is 4.42 Å². The first kappa shape index (κ1) is 35.2. The standard InChI is InChI=1S/C58H37NOS/c1-3-14-38(15-4-1)42-31-34-46(52(37-42)39-16-5-2-6-17-39)41-28-32-44(33-29-41)59(53-25-13-26-54-56(53)51-35-30-40-18-7-8-21-47(40)57(51)60-54)45-20-11-19-43(36-45)48-23-12-24-50-49-22-9-10-27-55(49)61-58(48)50/h1-37H. The van der Waals surface area contributed by atoms with Crippen LogP contribution < -0.4 is 4.90 Å². The molecule has 0 bridgehead atoms. The minimum Gasteiger partial charge on any atom is -0.455 e. The summed E-state index contributed by atoms with van der Waals surface area (Å²) in [5.74, 6) is 0. The molecule has 0 atom stereocenters. The van der Waals surface area contributed by atoms with E-state index in [1.54, 1.807) is 0 Å². The summed E-state index contributed by atoms with van der Waals surface area (Å²) >= 11 is 1.87. The molecule has 0 unspecified atom stereocenters. The monoisotopic (exact) mass is 795 g/mol. The van der Waals surface area contributed by atoms with E-state index in [-0.39, 0.29) is 0 Å². The first-order valence-corrected chi connectivity index (χ1v) is 21.6. The van der Waals surface area contributed by atoms with Gasteiger partial charge in [-0.3, -0.25) is 0 Å². The number of hydrogen-bond donors (Lipinski definition) is 0. The van der Waals surface area contributed by atoms with E-state index in [1.165, 1.54) is 59.1 Å². The summed E-state index contributed by atoms with van der Waals surface area (Å²) in [6.45, 7) is 0. The van der Waals surface area contributed by atoms with E-state index >= 15 is 0 Å². The third kappa shape index (κ3) is 6.01. The lowest BCUT2D eigenvalue weighted by molar-refractivity contribution is 0.672. The number of furan rings is 1. The molecular formula is C58H37NOS. The summed E-state index contributed by atoms with van der Waals surface area (Å²) in [5, 5.41) is 7.07. The third-order valence-corrected chi connectivity index (χ3v) is 13.3. The molecule has 0 radical (unpaired) electrons. The average molecular weight is 796 g/mol. The lowest BCUT2D eigenvalue weighted by Crippen LogP contribution is -2.10. The van der Waals surface area contributed by atoms with Crippen LogP contribution >= 0.6 is 11.3 Å². The van der Waals surface area contributed by atoms with Crippen molar-refractivity contribution >= 4 is 81.3 Å². The van der Waals surface area contributed by atoms with Crippen molar-refractivity contribution in [3.8, 4) is 44.5 Å². The molecule has 12 aromatic rings. The fourth-order valence-electron chi connectivity index (χ4n) is 9.19. The predicted octanol–water partition coefficient (Wildman–Crippen LogP) is 17.2. The van der Waals surface area contributed by atoms with Crippen LogP contribution in [0.15, 0.2) is 229 Å². The zero-order chi connectivity index (χ0) is 40.3. The van der Waals surface area contributed by atoms with Crippen LogP contribution in [0.4, 0.5) is 17.1 Å². The van der Waals surface area contributed by atoms with Crippen LogP contribution in [0.2, 0.25) is 0 Å². The Bertz CT molecular complexity index is 3580. The number of nitrogens with zero attached hydrogens (tertiary/aromatic N) is 1. The summed E-state index contributed by atoms with van der Waals surface area (Å²) in [5.41, 5.74) is 14.5. The minimum absolute atomic E-state index is 0.864. The van der Waals surface area contributed by atoms with Gasteiger partial charge >= 0.3 is 0 Å². The van der Waals surface area contributed by atoms with Gasteiger partial charge in [-0.25, -0.2) is 0 Å². The SMILES string of the molecule is c1ccc(-c2ccc(-c3ccc(N(c4cccc(-c5cccc6c5sc5ccccc56)c4)c4cccc5oc6c7ccccc7ccc6c45)cc3)c(-c3ccccc3)c2)cc1. The smallest absolute Gasteiger partial charge is 0.143 e. The second-order valence-electron chi connectivity index (χ2n) is 15.6. The van der Waals surface area contributed by atoms with Gasteiger partial charge in [-0.2, -0.15) is 0 Å². The molecule has 0 amide bonds. The van der Waals surface area contributed by atoms with Gasteiger partial charge in [-0.05, 0) is 104 Å². The molecule has 0 fully saturated rings. The Balaban J connectivity index is 1.04. The van der Waals surface area contributed by atoms with Gasteiger partial charge in [0.25, 0.3) is 0 Å². The van der Waals surface area contributed by atoms with Crippen LogP contribution in [-0.2, 0) is 0 Å². The highest BCUT2D eigenvalue weighted by Crippen LogP contribution is 2.47. The number of hydrogen-bond acceptors (Lipinski definition) is 3. The number of benzene rings is 10. The fraction of sp³-hybridized carbons (Fsp3) is 0. The average Bonchev–Trinajstić information content (AvgIpc) is 3.92. The van der Waals surface area contributed by atoms with Crippen LogP contribution in [-0.4, -0.2) is 0 Å². The van der Waals surface area contributed by atoms with Crippen LogP contribution in [0.1, 0.15) is 0 Å². The minimum atomic E-state index is 0.864. The van der Waals surface area contributed by atoms with Crippen LogP contribution in [0.25, 0.3) is 97.4 Å². The molecule has 0 saturated heterocycles. The molecule has 10 aromatic carbocycles. The molecule has 2 aromatic heterocycles. The van der Waals surface area contributed by atoms with Crippen molar-refractivity contribution in [2.24, 2.45) is 0 Å². The first-order valence-electron chi connectivity index (χ1n) is 20.7. The molecule has 2 heterocycles. The second-order valence-corrected chi connectivity index (χ2v) is 16.7. The molecular weight excluding hydrogens is 759 g/mol. The van der Waals surface area contributed by atoms with Crippen LogP contribution in [0.5, 0.6) is 0 Å². The van der Waals surface area contributed by atoms with Crippen molar-refractivity contribution in [2.45, 2.75) is 0 Å². The maximum absolute atomic E-state index is 6.75. The molecule has 286 valence electrons. The van der Waals surface area contributed by atoms with Gasteiger partial charge in [-0.15, -0.1) is 11.3 Å². The Labute approximate surface area is 357 Å². The maximum Gasteiger partial charge on any atom is 0.143 e. The number of rotatable bonds is 7. The molecule has 12 rings (SSSR count).